The predicted molar refractivity (Wildman–Crippen MR) is 132 cm³/mol. The average molecular weight is 562 g/mol. The van der Waals surface area contributed by atoms with Crippen LogP contribution in [0.1, 0.15) is 11.1 Å². The first-order chi connectivity index (χ1) is 15.3. The SMILES string of the molecule is Cc1cc(Br)ccc1OCC(=O)Nc1ccccc1NC(=O)COc1ccc(Br)cc1C. The summed E-state index contributed by atoms with van der Waals surface area (Å²) in [6, 6.07) is 18.1. The number of para-hydroxylation sites is 2. The van der Waals surface area contributed by atoms with Crippen molar-refractivity contribution in [3.8, 4) is 11.5 Å². The lowest BCUT2D eigenvalue weighted by molar-refractivity contribution is -0.119. The molecule has 2 amide bonds. The molecule has 0 atom stereocenters. The van der Waals surface area contributed by atoms with Crippen molar-refractivity contribution >= 4 is 55.0 Å². The summed E-state index contributed by atoms with van der Waals surface area (Å²) in [6.07, 6.45) is 0. The van der Waals surface area contributed by atoms with Crippen molar-refractivity contribution in [2.45, 2.75) is 13.8 Å². The second-order valence-corrected chi connectivity index (χ2v) is 8.87. The van der Waals surface area contributed by atoms with E-state index in [1.807, 2.05) is 38.1 Å². The second kappa shape index (κ2) is 11.2. The number of hydrogen-bond acceptors (Lipinski definition) is 4. The Morgan fingerprint density at radius 3 is 1.50 bits per heavy atom. The van der Waals surface area contributed by atoms with Gasteiger partial charge in [-0.2, -0.15) is 0 Å². The molecule has 8 heteroatoms. The van der Waals surface area contributed by atoms with Crippen molar-refractivity contribution in [1.29, 1.82) is 0 Å². The fourth-order valence-corrected chi connectivity index (χ4v) is 3.86. The van der Waals surface area contributed by atoms with Crippen LogP contribution >= 0.6 is 31.9 Å². The van der Waals surface area contributed by atoms with E-state index in [1.165, 1.54) is 0 Å². The van der Waals surface area contributed by atoms with E-state index in [-0.39, 0.29) is 25.0 Å². The lowest BCUT2D eigenvalue weighted by Crippen LogP contribution is -2.24. The largest absolute Gasteiger partial charge is 0.483 e. The Morgan fingerprint density at radius 1 is 0.719 bits per heavy atom. The van der Waals surface area contributed by atoms with Gasteiger partial charge in [0.05, 0.1) is 11.4 Å². The zero-order chi connectivity index (χ0) is 23.1. The van der Waals surface area contributed by atoms with E-state index in [4.69, 9.17) is 9.47 Å². The minimum atomic E-state index is -0.337. The highest BCUT2D eigenvalue weighted by molar-refractivity contribution is 9.10. The monoisotopic (exact) mass is 560 g/mol. The van der Waals surface area contributed by atoms with Gasteiger partial charge in [-0.25, -0.2) is 0 Å². The van der Waals surface area contributed by atoms with Gasteiger partial charge in [0.25, 0.3) is 11.8 Å². The molecule has 0 fully saturated rings. The summed E-state index contributed by atoms with van der Waals surface area (Å²) in [5.41, 5.74) is 2.78. The standard InChI is InChI=1S/C24H22Br2N2O4/c1-15-11-17(25)7-9-21(15)31-13-23(29)27-19-5-3-4-6-20(19)28-24(30)14-32-22-10-8-18(26)12-16(22)2/h3-12H,13-14H2,1-2H3,(H,27,29)(H,28,30). The normalized spacial score (nSPS) is 10.4. The smallest absolute Gasteiger partial charge is 0.262 e. The minimum Gasteiger partial charge on any atom is -0.483 e. The van der Waals surface area contributed by atoms with Gasteiger partial charge in [0.2, 0.25) is 0 Å². The molecule has 0 spiro atoms. The highest BCUT2D eigenvalue weighted by Crippen LogP contribution is 2.24. The average Bonchev–Trinajstić information content (AvgIpc) is 2.74. The number of rotatable bonds is 8. The maximum atomic E-state index is 12.4. The molecule has 6 nitrogen and oxygen atoms in total. The predicted octanol–water partition coefficient (Wildman–Crippen LogP) is 5.86. The molecule has 0 bridgehead atoms. The van der Waals surface area contributed by atoms with Crippen LogP contribution in [-0.2, 0) is 9.59 Å². The molecular formula is C24H22Br2N2O4. The molecule has 0 unspecified atom stereocenters. The quantitative estimate of drug-likeness (QED) is 0.361. The van der Waals surface area contributed by atoms with Crippen LogP contribution in [0.5, 0.6) is 11.5 Å². The number of aryl methyl sites for hydroxylation is 2. The molecular weight excluding hydrogens is 540 g/mol. The summed E-state index contributed by atoms with van der Waals surface area (Å²) in [4.78, 5) is 24.8. The topological polar surface area (TPSA) is 76.7 Å². The van der Waals surface area contributed by atoms with E-state index in [1.54, 1.807) is 36.4 Å². The Morgan fingerprint density at radius 2 is 1.12 bits per heavy atom. The Kier molecular flexibility index (Phi) is 8.30. The lowest BCUT2D eigenvalue weighted by atomic mass is 10.2. The van der Waals surface area contributed by atoms with Crippen LogP contribution in [0.4, 0.5) is 11.4 Å². The maximum absolute atomic E-state index is 12.4. The Balaban J connectivity index is 1.56. The van der Waals surface area contributed by atoms with Gasteiger partial charge in [-0.1, -0.05) is 44.0 Å². The molecule has 3 aromatic rings. The number of carbonyl (C=O) groups excluding carboxylic acids is 2. The van der Waals surface area contributed by atoms with E-state index in [2.05, 4.69) is 42.5 Å². The van der Waals surface area contributed by atoms with E-state index < -0.39 is 0 Å². The second-order valence-electron chi connectivity index (χ2n) is 7.04. The molecule has 0 saturated carbocycles. The molecule has 32 heavy (non-hydrogen) atoms. The molecule has 166 valence electrons. The molecule has 0 radical (unpaired) electrons. The van der Waals surface area contributed by atoms with Gasteiger partial charge < -0.3 is 20.1 Å². The van der Waals surface area contributed by atoms with Gasteiger partial charge in [0, 0.05) is 8.95 Å². The van der Waals surface area contributed by atoms with Crippen molar-refractivity contribution in [3.63, 3.8) is 0 Å². The van der Waals surface area contributed by atoms with Gasteiger partial charge >= 0.3 is 0 Å². The zero-order valence-electron chi connectivity index (χ0n) is 17.6. The fraction of sp³-hybridized carbons (Fsp3) is 0.167. The summed E-state index contributed by atoms with van der Waals surface area (Å²) in [5.74, 6) is 0.585. The number of amides is 2. The number of ether oxygens (including phenoxy) is 2. The number of nitrogens with one attached hydrogen (secondary N) is 2. The van der Waals surface area contributed by atoms with E-state index in [0.29, 0.717) is 22.9 Å². The van der Waals surface area contributed by atoms with Crippen LogP contribution in [0.2, 0.25) is 0 Å². The lowest BCUT2D eigenvalue weighted by Gasteiger charge is -2.14. The maximum Gasteiger partial charge on any atom is 0.262 e. The molecule has 3 aromatic carbocycles. The van der Waals surface area contributed by atoms with Crippen molar-refractivity contribution in [2.24, 2.45) is 0 Å². The van der Waals surface area contributed by atoms with Crippen molar-refractivity contribution in [3.05, 3.63) is 80.7 Å². The fourth-order valence-electron chi connectivity index (χ4n) is 2.91. The van der Waals surface area contributed by atoms with Gasteiger partial charge in [-0.05, 0) is 73.5 Å². The summed E-state index contributed by atoms with van der Waals surface area (Å²) in [7, 11) is 0. The van der Waals surface area contributed by atoms with Crippen molar-refractivity contribution in [1.82, 2.24) is 0 Å². The number of carbonyl (C=O) groups is 2. The van der Waals surface area contributed by atoms with Crippen LogP contribution in [0.3, 0.4) is 0 Å². The first kappa shape index (κ1) is 23.8. The van der Waals surface area contributed by atoms with E-state index in [0.717, 1.165) is 20.1 Å². The molecule has 0 saturated heterocycles. The molecule has 0 heterocycles. The first-order valence-corrected chi connectivity index (χ1v) is 11.4. The first-order valence-electron chi connectivity index (χ1n) is 9.78. The van der Waals surface area contributed by atoms with Crippen LogP contribution in [0.15, 0.2) is 69.6 Å². The van der Waals surface area contributed by atoms with Crippen LogP contribution < -0.4 is 20.1 Å². The summed E-state index contributed by atoms with van der Waals surface area (Å²) in [5, 5.41) is 5.54. The van der Waals surface area contributed by atoms with Gasteiger partial charge in [0.15, 0.2) is 13.2 Å². The summed E-state index contributed by atoms with van der Waals surface area (Å²) >= 11 is 6.80. The summed E-state index contributed by atoms with van der Waals surface area (Å²) < 4.78 is 13.1. The Bertz CT molecular complexity index is 1050. The Hall–Kier alpha value is -2.84. The van der Waals surface area contributed by atoms with Crippen LogP contribution in [-0.4, -0.2) is 25.0 Å². The molecule has 0 aliphatic carbocycles. The third-order valence-corrected chi connectivity index (χ3v) is 5.45. The molecule has 2 N–H and O–H groups in total. The molecule has 0 aliphatic rings. The number of halogens is 2. The van der Waals surface area contributed by atoms with E-state index in [9.17, 15) is 9.59 Å². The number of hydrogen-bond donors (Lipinski definition) is 2. The minimum absolute atomic E-state index is 0.156. The van der Waals surface area contributed by atoms with Gasteiger partial charge in [-0.15, -0.1) is 0 Å². The summed E-state index contributed by atoms with van der Waals surface area (Å²) in [6.45, 7) is 3.49. The van der Waals surface area contributed by atoms with Gasteiger partial charge in [-0.3, -0.25) is 9.59 Å². The zero-order valence-corrected chi connectivity index (χ0v) is 20.7. The van der Waals surface area contributed by atoms with Crippen molar-refractivity contribution < 1.29 is 19.1 Å². The third-order valence-electron chi connectivity index (χ3n) is 4.47. The molecule has 3 rings (SSSR count). The number of anilines is 2. The molecule has 0 aliphatic heterocycles. The Labute approximate surface area is 203 Å². The highest BCUT2D eigenvalue weighted by atomic mass is 79.9. The van der Waals surface area contributed by atoms with Gasteiger partial charge in [0.1, 0.15) is 11.5 Å². The van der Waals surface area contributed by atoms with Crippen molar-refractivity contribution in [2.75, 3.05) is 23.8 Å². The highest BCUT2D eigenvalue weighted by Gasteiger charge is 2.12. The molecule has 0 aromatic heterocycles. The van der Waals surface area contributed by atoms with E-state index >= 15 is 0 Å². The third kappa shape index (κ3) is 6.83. The van der Waals surface area contributed by atoms with Crippen LogP contribution in [0.25, 0.3) is 0 Å². The number of benzene rings is 3. The van der Waals surface area contributed by atoms with Crippen LogP contribution in [0, 0.1) is 13.8 Å².